The molecule has 4 aliphatic rings. The summed E-state index contributed by atoms with van der Waals surface area (Å²) in [5.74, 6) is -1.34. The fourth-order valence-electron chi connectivity index (χ4n) is 13.0. The highest BCUT2D eigenvalue weighted by Gasteiger charge is 2.46. The number of unbranched alkanes of at least 4 members (excludes halogenated alkanes) is 2. The van der Waals surface area contributed by atoms with Crippen molar-refractivity contribution in [1.29, 1.82) is 0 Å². The largest absolute Gasteiger partial charge is 0.344 e. The van der Waals surface area contributed by atoms with E-state index in [4.69, 9.17) is 0 Å². The quantitative estimate of drug-likeness (QED) is 0.0446. The number of likely N-dealkylation sites (N-methyl/N-ethyl adjacent to an activating group) is 1. The Hall–Kier alpha value is -6.88. The molecule has 9 rings (SSSR count). The van der Waals surface area contributed by atoms with E-state index in [2.05, 4.69) is 60.8 Å². The first-order valence-corrected chi connectivity index (χ1v) is 30.8. The Labute approximate surface area is 484 Å². The van der Waals surface area contributed by atoms with Crippen LogP contribution in [0.4, 0.5) is 0 Å². The van der Waals surface area contributed by atoms with E-state index in [9.17, 15) is 28.8 Å². The van der Waals surface area contributed by atoms with Gasteiger partial charge in [-0.05, 0) is 133 Å². The number of ketones is 2. The number of hydrogen-bond acceptors (Lipinski definition) is 11. The maximum atomic E-state index is 14.4. The summed E-state index contributed by atoms with van der Waals surface area (Å²) in [7, 11) is 1.76. The van der Waals surface area contributed by atoms with Gasteiger partial charge in [0.05, 0.1) is 30.0 Å². The van der Waals surface area contributed by atoms with Crippen molar-refractivity contribution in [3.05, 3.63) is 131 Å². The number of rotatable bonds is 26. The molecule has 4 fully saturated rings. The van der Waals surface area contributed by atoms with Crippen LogP contribution in [0.3, 0.4) is 0 Å². The number of Topliss-reactive ketones (excluding diaryl/α,β-unsaturated/α-hetero) is 2. The van der Waals surface area contributed by atoms with Gasteiger partial charge in [0.15, 0.2) is 5.78 Å². The molecular weight excluding hydrogens is 1030 g/mol. The van der Waals surface area contributed by atoms with Gasteiger partial charge >= 0.3 is 0 Å². The lowest BCUT2D eigenvalue weighted by Gasteiger charge is -2.36. The van der Waals surface area contributed by atoms with E-state index < -0.39 is 30.1 Å². The Morgan fingerprint density at radius 3 is 1.78 bits per heavy atom. The van der Waals surface area contributed by atoms with Crippen LogP contribution in [0.2, 0.25) is 0 Å². The van der Waals surface area contributed by atoms with Gasteiger partial charge in [-0.1, -0.05) is 135 Å². The number of fused-ring (bicyclic) bond motifs is 2. The molecule has 5 aromatic rings. The van der Waals surface area contributed by atoms with Crippen molar-refractivity contribution >= 4 is 35.2 Å². The van der Waals surface area contributed by atoms with Crippen molar-refractivity contribution in [2.75, 3.05) is 7.05 Å². The second-order valence-electron chi connectivity index (χ2n) is 23.8. The first-order chi connectivity index (χ1) is 39.9. The fourth-order valence-corrected chi connectivity index (χ4v) is 13.0. The van der Waals surface area contributed by atoms with Crippen molar-refractivity contribution in [2.24, 2.45) is 11.8 Å². The molecule has 438 valence electrons. The summed E-state index contributed by atoms with van der Waals surface area (Å²) in [6.07, 6.45) is 20.1. The molecule has 0 spiro atoms. The molecule has 2 aromatic heterocycles. The molecule has 17 nitrogen and oxygen atoms in total. The van der Waals surface area contributed by atoms with Crippen molar-refractivity contribution in [3.63, 3.8) is 0 Å². The molecule has 0 unspecified atom stereocenters. The number of amides is 4. The van der Waals surface area contributed by atoms with Crippen LogP contribution in [0.15, 0.2) is 97.3 Å². The minimum Gasteiger partial charge on any atom is -0.344 e. The summed E-state index contributed by atoms with van der Waals surface area (Å²) >= 11 is 0. The first kappa shape index (κ1) is 59.7. The molecule has 4 aliphatic heterocycles. The summed E-state index contributed by atoms with van der Waals surface area (Å²) < 4.78 is 3.74. The minimum absolute atomic E-state index is 0.0302. The number of benzene rings is 3. The predicted molar refractivity (Wildman–Crippen MR) is 314 cm³/mol. The molecule has 0 saturated carbocycles. The average molecular weight is 1120 g/mol. The number of hydrogen-bond donors (Lipinski definition) is 3. The normalized spacial score (nSPS) is 22.6. The number of nitrogens with zero attached hydrogens (tertiary/aromatic N) is 8. The Morgan fingerprint density at radius 2 is 1.17 bits per heavy atom. The smallest absolute Gasteiger partial charge is 0.246 e. The van der Waals surface area contributed by atoms with Gasteiger partial charge in [-0.3, -0.25) is 38.1 Å². The van der Waals surface area contributed by atoms with E-state index in [0.717, 1.165) is 107 Å². The van der Waals surface area contributed by atoms with Gasteiger partial charge in [0.1, 0.15) is 23.6 Å². The zero-order chi connectivity index (χ0) is 57.5. The molecule has 3 aromatic carbocycles. The second-order valence-corrected chi connectivity index (χ2v) is 23.8. The molecule has 10 atom stereocenters. The van der Waals surface area contributed by atoms with Crippen LogP contribution >= 0.6 is 0 Å². The number of aromatic nitrogens is 6. The molecule has 4 saturated heterocycles. The first-order valence-electron chi connectivity index (χ1n) is 30.8. The van der Waals surface area contributed by atoms with Crippen LogP contribution in [0.5, 0.6) is 0 Å². The monoisotopic (exact) mass is 1120 g/mol. The summed E-state index contributed by atoms with van der Waals surface area (Å²) in [4.78, 5) is 86.6. The standard InChI is InChI=1S/C65H87N11O6/c1-5-44(2)62(79)67-54-29-15-14-28-52-35-37-58(76(52)65(54)82)63(80)68-61(49-24-10-7-11-25-49)56-43-74(72-70-56)39-19-17-21-47-32-30-46(31-33-47)20-16-18-38-73-42-55(69-71-73)53(48-22-8-6-9-23-48)41-60(78)57-36-34-51-27-13-12-26-50(64(81)75(51)57)40-59(77)45(3)66-4/h6-11,22-25,30-33,42-45,50-54,57-58,61,66H,5,12-21,26-29,34-41H2,1-4H3,(H,67,79)(H,68,80)/t44-,45+,50-,51+,52+,53+,54+,57+,58+,61+/m1/s1. The van der Waals surface area contributed by atoms with Gasteiger partial charge in [-0.2, -0.15) is 0 Å². The van der Waals surface area contributed by atoms with Crippen molar-refractivity contribution in [2.45, 2.75) is 217 Å². The van der Waals surface area contributed by atoms with E-state index in [-0.39, 0.29) is 78.0 Å². The third kappa shape index (κ3) is 15.0. The molecular formula is C65H87N11O6. The molecule has 0 aliphatic carbocycles. The number of aryl methyl sites for hydroxylation is 4. The maximum absolute atomic E-state index is 14.4. The van der Waals surface area contributed by atoms with E-state index in [1.165, 1.54) is 11.1 Å². The zero-order valence-corrected chi connectivity index (χ0v) is 48.8. The summed E-state index contributed by atoms with van der Waals surface area (Å²) in [5, 5.41) is 27.5. The molecule has 0 radical (unpaired) electrons. The Morgan fingerprint density at radius 1 is 0.622 bits per heavy atom. The van der Waals surface area contributed by atoms with E-state index in [1.54, 1.807) is 11.9 Å². The zero-order valence-electron chi connectivity index (χ0n) is 48.8. The lowest BCUT2D eigenvalue weighted by Crippen LogP contribution is -2.57. The van der Waals surface area contributed by atoms with Gasteiger partial charge in [0, 0.05) is 62.0 Å². The molecule has 6 heterocycles. The van der Waals surface area contributed by atoms with Gasteiger partial charge < -0.3 is 25.8 Å². The summed E-state index contributed by atoms with van der Waals surface area (Å²) in [6, 6.07) is 26.0. The van der Waals surface area contributed by atoms with Crippen molar-refractivity contribution in [3.8, 4) is 0 Å². The summed E-state index contributed by atoms with van der Waals surface area (Å²) in [6.45, 7) is 7.06. The summed E-state index contributed by atoms with van der Waals surface area (Å²) in [5.41, 5.74) is 5.83. The Bertz CT molecular complexity index is 2710. The molecule has 82 heavy (non-hydrogen) atoms. The highest BCUT2D eigenvalue weighted by molar-refractivity contribution is 5.95. The van der Waals surface area contributed by atoms with Crippen LogP contribution < -0.4 is 16.0 Å². The molecule has 17 heteroatoms. The Kier molecular flexibility index (Phi) is 21.0. The topological polar surface area (TPSA) is 206 Å². The second kappa shape index (κ2) is 28.9. The molecule has 0 bridgehead atoms. The van der Waals surface area contributed by atoms with Gasteiger partial charge in [0.2, 0.25) is 23.6 Å². The van der Waals surface area contributed by atoms with Crippen LogP contribution in [0.1, 0.15) is 188 Å². The third-order valence-electron chi connectivity index (χ3n) is 18.2. The fraction of sp³-hybridized carbons (Fsp3) is 0.569. The van der Waals surface area contributed by atoms with Crippen LogP contribution in [-0.4, -0.2) is 118 Å². The molecule has 3 N–H and O–H groups in total. The number of carbonyl (C=O) groups excluding carboxylic acids is 6. The highest BCUT2D eigenvalue weighted by Crippen LogP contribution is 2.38. The minimum atomic E-state index is -0.634. The van der Waals surface area contributed by atoms with E-state index in [1.807, 2.05) is 108 Å². The van der Waals surface area contributed by atoms with Crippen LogP contribution in [0, 0.1) is 11.8 Å². The van der Waals surface area contributed by atoms with E-state index in [0.29, 0.717) is 50.9 Å². The van der Waals surface area contributed by atoms with Crippen LogP contribution in [-0.2, 0) is 54.7 Å². The van der Waals surface area contributed by atoms with Gasteiger partial charge in [-0.25, -0.2) is 0 Å². The lowest BCUT2D eigenvalue weighted by molar-refractivity contribution is -0.145. The third-order valence-corrected chi connectivity index (χ3v) is 18.2. The van der Waals surface area contributed by atoms with Crippen molar-refractivity contribution in [1.82, 2.24) is 55.7 Å². The van der Waals surface area contributed by atoms with Crippen LogP contribution in [0.25, 0.3) is 0 Å². The van der Waals surface area contributed by atoms with Gasteiger partial charge in [0.25, 0.3) is 0 Å². The predicted octanol–water partition coefficient (Wildman–Crippen LogP) is 8.79. The lowest BCUT2D eigenvalue weighted by atomic mass is 9.87. The molecule has 4 amide bonds. The van der Waals surface area contributed by atoms with E-state index >= 15 is 0 Å². The van der Waals surface area contributed by atoms with Gasteiger partial charge in [-0.15, -0.1) is 10.2 Å². The highest BCUT2D eigenvalue weighted by atomic mass is 16.2. The SMILES string of the molecule is CC[C@@H](C)C(=O)N[C@H]1CCCC[C@H]2CC[C@@H](C(=O)N[C@@H](c3ccccc3)c3cn(CCCCc4ccc(CCCCn5cc([C@@H](CC(=O)[C@@H]6CC[C@@H]7CCCC[C@H](CC(=O)[C@H](C)NC)C(=O)N76)c6ccccc6)nn5)cc4)nn3)N2C1=O. The number of nitrogens with one attached hydrogen (secondary N) is 3. The Balaban J connectivity index is 0.734. The number of carbonyl (C=O) groups is 6. The maximum Gasteiger partial charge on any atom is 0.246 e. The average Bonchev–Trinajstić information content (AvgIpc) is 4.39. The van der Waals surface area contributed by atoms with Crippen molar-refractivity contribution < 1.29 is 28.8 Å².